The van der Waals surface area contributed by atoms with Gasteiger partial charge in [-0.25, -0.2) is 4.79 Å². The molecule has 1 aliphatic carbocycles. The molecule has 0 aromatic carbocycles. The number of amides is 1. The Morgan fingerprint density at radius 3 is 2.86 bits per heavy atom. The minimum absolute atomic E-state index is 0.235. The Kier molecular flexibility index (Phi) is 4.65. The van der Waals surface area contributed by atoms with E-state index in [1.54, 1.807) is 6.08 Å². The number of nitrogens with one attached hydrogen (secondary N) is 1. The predicted molar refractivity (Wildman–Crippen MR) is 77.7 cm³/mol. The topological polar surface area (TPSA) is 77.2 Å². The van der Waals surface area contributed by atoms with Gasteiger partial charge in [-0.15, -0.1) is 6.58 Å². The Bertz CT molecular complexity index is 501. The quantitative estimate of drug-likeness (QED) is 0.815. The van der Waals surface area contributed by atoms with Crippen LogP contribution in [0.2, 0.25) is 0 Å². The molecule has 1 aromatic heterocycles. The van der Waals surface area contributed by atoms with E-state index in [0.29, 0.717) is 24.1 Å². The molecule has 1 heterocycles. The van der Waals surface area contributed by atoms with Crippen molar-refractivity contribution in [1.29, 1.82) is 0 Å². The van der Waals surface area contributed by atoms with Crippen LogP contribution in [0.3, 0.4) is 0 Å². The third-order valence-corrected chi connectivity index (χ3v) is 3.09. The van der Waals surface area contributed by atoms with Crippen LogP contribution in [0.1, 0.15) is 57.8 Å². The van der Waals surface area contributed by atoms with Crippen molar-refractivity contribution in [2.45, 2.75) is 58.1 Å². The van der Waals surface area contributed by atoms with Crippen LogP contribution >= 0.6 is 0 Å². The number of aromatic nitrogens is 2. The number of hydrogen-bond acceptors (Lipinski definition) is 5. The van der Waals surface area contributed by atoms with E-state index in [1.165, 1.54) is 0 Å². The van der Waals surface area contributed by atoms with Crippen LogP contribution in [-0.4, -0.2) is 21.8 Å². The number of alkyl carbamates (subject to hydrolysis) is 1. The summed E-state index contributed by atoms with van der Waals surface area (Å²) in [6.07, 6.45) is 4.92. The zero-order valence-corrected chi connectivity index (χ0v) is 12.9. The van der Waals surface area contributed by atoms with E-state index in [1.807, 2.05) is 20.8 Å². The van der Waals surface area contributed by atoms with E-state index in [2.05, 4.69) is 22.0 Å². The SMILES string of the molecule is C=CCCc1nc([C@H](NC(=O)OC(C)(C)C)C2CC2)no1. The Balaban J connectivity index is 2.00. The van der Waals surface area contributed by atoms with E-state index in [-0.39, 0.29) is 6.04 Å². The molecule has 6 nitrogen and oxygen atoms in total. The highest BCUT2D eigenvalue weighted by Gasteiger charge is 2.37. The normalized spacial score (nSPS) is 16.3. The second-order valence-corrected chi connectivity index (χ2v) is 6.33. The molecule has 1 N–H and O–H groups in total. The van der Waals surface area contributed by atoms with Gasteiger partial charge < -0.3 is 14.6 Å². The van der Waals surface area contributed by atoms with Gasteiger partial charge in [0, 0.05) is 6.42 Å². The van der Waals surface area contributed by atoms with Gasteiger partial charge in [-0.2, -0.15) is 4.98 Å². The van der Waals surface area contributed by atoms with Crippen molar-refractivity contribution >= 4 is 6.09 Å². The molecule has 21 heavy (non-hydrogen) atoms. The van der Waals surface area contributed by atoms with Crippen molar-refractivity contribution in [3.63, 3.8) is 0 Å². The smallest absolute Gasteiger partial charge is 0.408 e. The minimum Gasteiger partial charge on any atom is -0.444 e. The first-order chi connectivity index (χ1) is 9.89. The highest BCUT2D eigenvalue weighted by Crippen LogP contribution is 2.40. The van der Waals surface area contributed by atoms with Crippen LogP contribution in [0, 0.1) is 5.92 Å². The Morgan fingerprint density at radius 2 is 2.29 bits per heavy atom. The van der Waals surface area contributed by atoms with Crippen LogP contribution in [0.4, 0.5) is 4.79 Å². The van der Waals surface area contributed by atoms with Crippen LogP contribution in [0.5, 0.6) is 0 Å². The molecule has 0 unspecified atom stereocenters. The predicted octanol–water partition coefficient (Wildman–Crippen LogP) is 3.16. The first kappa shape index (κ1) is 15.5. The van der Waals surface area contributed by atoms with Crippen LogP contribution < -0.4 is 5.32 Å². The average Bonchev–Trinajstić information content (AvgIpc) is 3.10. The summed E-state index contributed by atoms with van der Waals surface area (Å²) in [6, 6.07) is -0.235. The summed E-state index contributed by atoms with van der Waals surface area (Å²) < 4.78 is 10.5. The molecule has 0 saturated heterocycles. The Morgan fingerprint density at radius 1 is 1.57 bits per heavy atom. The average molecular weight is 293 g/mol. The Labute approximate surface area is 124 Å². The maximum absolute atomic E-state index is 11.9. The second kappa shape index (κ2) is 6.28. The summed E-state index contributed by atoms with van der Waals surface area (Å²) >= 11 is 0. The zero-order chi connectivity index (χ0) is 15.5. The van der Waals surface area contributed by atoms with Crippen molar-refractivity contribution in [3.05, 3.63) is 24.4 Å². The molecule has 1 atom stereocenters. The number of rotatable bonds is 6. The molecule has 1 fully saturated rings. The molecule has 116 valence electrons. The van der Waals surface area contributed by atoms with Gasteiger partial charge >= 0.3 is 6.09 Å². The molecule has 1 amide bonds. The van der Waals surface area contributed by atoms with Gasteiger partial charge in [0.1, 0.15) is 5.60 Å². The summed E-state index contributed by atoms with van der Waals surface area (Å²) in [5.74, 6) is 1.46. The lowest BCUT2D eigenvalue weighted by Gasteiger charge is -2.22. The van der Waals surface area contributed by atoms with Crippen LogP contribution in [0.15, 0.2) is 17.2 Å². The van der Waals surface area contributed by atoms with Gasteiger partial charge in [0.05, 0.1) is 6.04 Å². The largest absolute Gasteiger partial charge is 0.444 e. The van der Waals surface area contributed by atoms with Gasteiger partial charge in [-0.3, -0.25) is 0 Å². The number of nitrogens with zero attached hydrogens (tertiary/aromatic N) is 2. The molecule has 6 heteroatoms. The number of carbonyl (C=O) groups excluding carboxylic acids is 1. The highest BCUT2D eigenvalue weighted by molar-refractivity contribution is 5.68. The fourth-order valence-corrected chi connectivity index (χ4v) is 1.98. The lowest BCUT2D eigenvalue weighted by Crippen LogP contribution is -2.36. The number of carbonyl (C=O) groups is 1. The Hall–Kier alpha value is -1.85. The first-order valence-electron chi connectivity index (χ1n) is 7.32. The minimum atomic E-state index is -0.523. The number of allylic oxidation sites excluding steroid dienone is 1. The number of hydrogen-bond donors (Lipinski definition) is 1. The molecule has 0 aliphatic heterocycles. The molecule has 0 spiro atoms. The monoisotopic (exact) mass is 293 g/mol. The van der Waals surface area contributed by atoms with Crippen molar-refractivity contribution < 1.29 is 14.1 Å². The highest BCUT2D eigenvalue weighted by atomic mass is 16.6. The van der Waals surface area contributed by atoms with E-state index in [0.717, 1.165) is 19.3 Å². The fraction of sp³-hybridized carbons (Fsp3) is 0.667. The van der Waals surface area contributed by atoms with Gasteiger partial charge in [0.25, 0.3) is 0 Å². The summed E-state index contributed by atoms with van der Waals surface area (Å²) in [4.78, 5) is 16.3. The molecular weight excluding hydrogens is 270 g/mol. The molecular formula is C15H23N3O3. The second-order valence-electron chi connectivity index (χ2n) is 6.33. The molecule has 1 saturated carbocycles. The van der Waals surface area contributed by atoms with E-state index in [4.69, 9.17) is 9.26 Å². The standard InChI is InChI=1S/C15H23N3O3/c1-5-6-7-11-16-13(18-21-11)12(10-8-9-10)17-14(19)20-15(2,3)4/h5,10,12H,1,6-9H2,2-4H3,(H,17,19)/t12-/m1/s1. The number of ether oxygens (including phenoxy) is 1. The van der Waals surface area contributed by atoms with E-state index >= 15 is 0 Å². The molecule has 0 bridgehead atoms. The lowest BCUT2D eigenvalue weighted by molar-refractivity contribution is 0.0494. The van der Waals surface area contributed by atoms with Gasteiger partial charge in [0.15, 0.2) is 5.82 Å². The first-order valence-corrected chi connectivity index (χ1v) is 7.32. The molecule has 1 aromatic rings. The third kappa shape index (κ3) is 4.88. The molecule has 0 radical (unpaired) electrons. The fourth-order valence-electron chi connectivity index (χ4n) is 1.98. The van der Waals surface area contributed by atoms with Crippen molar-refractivity contribution in [2.75, 3.05) is 0 Å². The van der Waals surface area contributed by atoms with E-state index < -0.39 is 11.7 Å². The summed E-state index contributed by atoms with van der Waals surface area (Å²) in [7, 11) is 0. The van der Waals surface area contributed by atoms with Gasteiger partial charge in [-0.1, -0.05) is 11.2 Å². The maximum Gasteiger partial charge on any atom is 0.408 e. The van der Waals surface area contributed by atoms with Gasteiger partial charge in [-0.05, 0) is 46.0 Å². The summed E-state index contributed by atoms with van der Waals surface area (Å²) in [6.45, 7) is 9.17. The molecule has 2 rings (SSSR count). The number of aryl methyl sites for hydroxylation is 1. The van der Waals surface area contributed by atoms with Crippen molar-refractivity contribution in [1.82, 2.24) is 15.5 Å². The van der Waals surface area contributed by atoms with Crippen molar-refractivity contribution in [3.8, 4) is 0 Å². The lowest BCUT2D eigenvalue weighted by atomic mass is 10.1. The van der Waals surface area contributed by atoms with Gasteiger partial charge in [0.2, 0.25) is 5.89 Å². The third-order valence-electron chi connectivity index (χ3n) is 3.09. The zero-order valence-electron chi connectivity index (χ0n) is 12.9. The summed E-state index contributed by atoms with van der Waals surface area (Å²) in [5, 5.41) is 6.84. The summed E-state index contributed by atoms with van der Waals surface area (Å²) in [5.41, 5.74) is -0.523. The maximum atomic E-state index is 11.9. The van der Waals surface area contributed by atoms with Crippen LogP contribution in [-0.2, 0) is 11.2 Å². The van der Waals surface area contributed by atoms with Crippen LogP contribution in [0.25, 0.3) is 0 Å². The van der Waals surface area contributed by atoms with Crippen molar-refractivity contribution in [2.24, 2.45) is 5.92 Å². The van der Waals surface area contributed by atoms with E-state index in [9.17, 15) is 4.79 Å². The molecule has 1 aliphatic rings.